The van der Waals surface area contributed by atoms with Crippen LogP contribution in [0.25, 0.3) is 0 Å². The molecule has 0 rings (SSSR count). The Morgan fingerprint density at radius 3 is 1.89 bits per heavy atom. The standard InChI is InChI=1S/C13H28O4S/c1-3-5-6-7-8-9-10-11-12(14)13(4-2)18(15,16)17/h12-14H,3-11H2,1-2H3,(H,15,16,17). The molecule has 0 spiro atoms. The molecule has 5 heteroatoms. The van der Waals surface area contributed by atoms with Gasteiger partial charge < -0.3 is 5.11 Å². The molecule has 110 valence electrons. The fourth-order valence-electron chi connectivity index (χ4n) is 2.18. The molecule has 0 saturated heterocycles. The second-order valence-corrected chi connectivity index (χ2v) is 6.57. The molecule has 0 radical (unpaired) electrons. The van der Waals surface area contributed by atoms with E-state index in [0.29, 0.717) is 6.42 Å². The summed E-state index contributed by atoms with van der Waals surface area (Å²) in [6.45, 7) is 3.84. The first kappa shape index (κ1) is 17.9. The van der Waals surface area contributed by atoms with Gasteiger partial charge in [-0.05, 0) is 12.8 Å². The van der Waals surface area contributed by atoms with Crippen molar-refractivity contribution < 1.29 is 18.1 Å². The number of unbranched alkanes of at least 4 members (excludes halogenated alkanes) is 6. The summed E-state index contributed by atoms with van der Waals surface area (Å²) >= 11 is 0. The molecule has 0 saturated carbocycles. The summed E-state index contributed by atoms with van der Waals surface area (Å²) in [5.74, 6) is 0. The zero-order valence-electron chi connectivity index (χ0n) is 11.6. The van der Waals surface area contributed by atoms with Crippen molar-refractivity contribution in [1.29, 1.82) is 0 Å². The number of rotatable bonds is 11. The summed E-state index contributed by atoms with van der Waals surface area (Å²) in [4.78, 5) is 0. The minimum absolute atomic E-state index is 0.247. The molecule has 2 atom stereocenters. The predicted octanol–water partition coefficient (Wildman–Crippen LogP) is 3.15. The Bertz CT molecular complexity index is 287. The summed E-state index contributed by atoms with van der Waals surface area (Å²) in [5, 5.41) is 8.72. The smallest absolute Gasteiger partial charge is 0.270 e. The molecular formula is C13H28O4S. The highest BCUT2D eigenvalue weighted by Crippen LogP contribution is 2.16. The Labute approximate surface area is 112 Å². The molecule has 0 aromatic heterocycles. The van der Waals surface area contributed by atoms with Crippen LogP contribution in [-0.2, 0) is 10.1 Å². The summed E-state index contributed by atoms with van der Waals surface area (Å²) in [6, 6.07) is 0. The minimum Gasteiger partial charge on any atom is -0.392 e. The third-order valence-electron chi connectivity index (χ3n) is 3.32. The molecule has 0 fully saturated rings. The minimum atomic E-state index is -4.12. The quantitative estimate of drug-likeness (QED) is 0.450. The molecule has 0 aliphatic rings. The Hall–Kier alpha value is -0.130. The zero-order valence-corrected chi connectivity index (χ0v) is 12.5. The van der Waals surface area contributed by atoms with Gasteiger partial charge in [-0.2, -0.15) is 8.42 Å². The first-order valence-electron chi connectivity index (χ1n) is 7.07. The van der Waals surface area contributed by atoms with Gasteiger partial charge >= 0.3 is 0 Å². The van der Waals surface area contributed by atoms with E-state index >= 15 is 0 Å². The van der Waals surface area contributed by atoms with Crippen LogP contribution in [0.2, 0.25) is 0 Å². The number of hydrogen-bond acceptors (Lipinski definition) is 3. The largest absolute Gasteiger partial charge is 0.392 e. The monoisotopic (exact) mass is 280 g/mol. The van der Waals surface area contributed by atoms with E-state index < -0.39 is 21.5 Å². The van der Waals surface area contributed by atoms with Crippen molar-refractivity contribution in [3.05, 3.63) is 0 Å². The first-order valence-corrected chi connectivity index (χ1v) is 8.58. The Morgan fingerprint density at radius 1 is 0.944 bits per heavy atom. The fraction of sp³-hybridized carbons (Fsp3) is 1.00. The van der Waals surface area contributed by atoms with Crippen LogP contribution in [0.3, 0.4) is 0 Å². The second kappa shape index (κ2) is 9.75. The molecule has 4 nitrogen and oxygen atoms in total. The van der Waals surface area contributed by atoms with Gasteiger partial charge in [0.2, 0.25) is 0 Å². The lowest BCUT2D eigenvalue weighted by Crippen LogP contribution is -2.33. The van der Waals surface area contributed by atoms with Gasteiger partial charge in [0.15, 0.2) is 0 Å². The van der Waals surface area contributed by atoms with Gasteiger partial charge in [0, 0.05) is 0 Å². The Kier molecular flexibility index (Phi) is 9.68. The van der Waals surface area contributed by atoms with Crippen molar-refractivity contribution in [2.45, 2.75) is 83.0 Å². The van der Waals surface area contributed by atoms with Crippen LogP contribution < -0.4 is 0 Å². The van der Waals surface area contributed by atoms with Crippen LogP contribution in [0.4, 0.5) is 0 Å². The predicted molar refractivity (Wildman–Crippen MR) is 74.2 cm³/mol. The maximum atomic E-state index is 11.0. The lowest BCUT2D eigenvalue weighted by Gasteiger charge is -2.18. The van der Waals surface area contributed by atoms with E-state index in [-0.39, 0.29) is 6.42 Å². The van der Waals surface area contributed by atoms with E-state index in [9.17, 15) is 13.5 Å². The van der Waals surface area contributed by atoms with Crippen LogP contribution in [-0.4, -0.2) is 29.4 Å². The van der Waals surface area contributed by atoms with E-state index in [0.717, 1.165) is 19.3 Å². The normalized spacial score (nSPS) is 15.6. The lowest BCUT2D eigenvalue weighted by molar-refractivity contribution is 0.149. The number of aliphatic hydroxyl groups is 1. The molecule has 18 heavy (non-hydrogen) atoms. The average Bonchev–Trinajstić information content (AvgIpc) is 2.27. The van der Waals surface area contributed by atoms with E-state index in [1.165, 1.54) is 25.7 Å². The molecule has 0 amide bonds. The molecule has 0 bridgehead atoms. The maximum Gasteiger partial charge on any atom is 0.270 e. The van der Waals surface area contributed by atoms with Crippen LogP contribution in [0.15, 0.2) is 0 Å². The number of hydrogen-bond donors (Lipinski definition) is 2. The molecule has 0 aliphatic carbocycles. The van der Waals surface area contributed by atoms with Gasteiger partial charge in [-0.1, -0.05) is 58.8 Å². The number of aliphatic hydroxyl groups excluding tert-OH is 1. The van der Waals surface area contributed by atoms with Gasteiger partial charge in [0.25, 0.3) is 10.1 Å². The Balaban J connectivity index is 3.72. The van der Waals surface area contributed by atoms with Gasteiger partial charge in [0.05, 0.1) is 6.10 Å². The second-order valence-electron chi connectivity index (χ2n) is 4.94. The third kappa shape index (κ3) is 8.06. The lowest BCUT2D eigenvalue weighted by atomic mass is 10.0. The van der Waals surface area contributed by atoms with Gasteiger partial charge in [0.1, 0.15) is 5.25 Å². The van der Waals surface area contributed by atoms with Crippen LogP contribution >= 0.6 is 0 Å². The van der Waals surface area contributed by atoms with E-state index in [1.54, 1.807) is 6.92 Å². The molecule has 0 aromatic carbocycles. The summed E-state index contributed by atoms with van der Waals surface area (Å²) in [6.07, 6.45) is 7.68. The fourth-order valence-corrected chi connectivity index (χ4v) is 3.13. The van der Waals surface area contributed by atoms with Crippen LogP contribution in [0.5, 0.6) is 0 Å². The van der Waals surface area contributed by atoms with Crippen molar-refractivity contribution in [3.8, 4) is 0 Å². The van der Waals surface area contributed by atoms with E-state index in [1.807, 2.05) is 0 Å². The molecular weight excluding hydrogens is 252 g/mol. The summed E-state index contributed by atoms with van der Waals surface area (Å²) < 4.78 is 31.0. The maximum absolute atomic E-state index is 11.0. The zero-order chi connectivity index (χ0) is 14.0. The molecule has 2 N–H and O–H groups in total. The highest BCUT2D eigenvalue weighted by molar-refractivity contribution is 7.86. The van der Waals surface area contributed by atoms with Gasteiger partial charge in [-0.25, -0.2) is 0 Å². The molecule has 0 aromatic rings. The van der Waals surface area contributed by atoms with Crippen molar-refractivity contribution in [3.63, 3.8) is 0 Å². The summed E-state index contributed by atoms with van der Waals surface area (Å²) in [5.41, 5.74) is 0. The molecule has 0 heterocycles. The highest BCUT2D eigenvalue weighted by Gasteiger charge is 2.28. The first-order chi connectivity index (χ1) is 8.43. The van der Waals surface area contributed by atoms with Gasteiger partial charge in [-0.3, -0.25) is 4.55 Å². The van der Waals surface area contributed by atoms with Crippen molar-refractivity contribution in [2.75, 3.05) is 0 Å². The topological polar surface area (TPSA) is 74.6 Å². The molecule has 2 unspecified atom stereocenters. The van der Waals surface area contributed by atoms with E-state index in [2.05, 4.69) is 6.92 Å². The Morgan fingerprint density at radius 2 is 1.44 bits per heavy atom. The summed E-state index contributed by atoms with van der Waals surface area (Å²) in [7, 11) is -4.12. The van der Waals surface area contributed by atoms with Crippen molar-refractivity contribution in [2.24, 2.45) is 0 Å². The highest BCUT2D eigenvalue weighted by atomic mass is 32.2. The van der Waals surface area contributed by atoms with E-state index in [4.69, 9.17) is 4.55 Å². The van der Waals surface area contributed by atoms with Crippen LogP contribution in [0.1, 0.15) is 71.6 Å². The third-order valence-corrected chi connectivity index (χ3v) is 4.73. The molecule has 0 aliphatic heterocycles. The average molecular weight is 280 g/mol. The van der Waals surface area contributed by atoms with Crippen molar-refractivity contribution >= 4 is 10.1 Å². The van der Waals surface area contributed by atoms with Crippen molar-refractivity contribution in [1.82, 2.24) is 0 Å². The van der Waals surface area contributed by atoms with Gasteiger partial charge in [-0.15, -0.1) is 0 Å². The van der Waals surface area contributed by atoms with Crippen LogP contribution in [0, 0.1) is 0 Å². The SMILES string of the molecule is CCCCCCCCCC(O)C(CC)S(=O)(=O)O.